The van der Waals surface area contributed by atoms with E-state index in [-0.39, 0.29) is 39.8 Å². The number of carbonyl (C=O) groups excluding carboxylic acids is 2. The number of carboxylic acid groups (broad SMARTS) is 1. The Bertz CT molecular complexity index is 1210. The van der Waals surface area contributed by atoms with Gasteiger partial charge in [0.05, 0.1) is 21.6 Å². The Morgan fingerprint density at radius 1 is 1.12 bits per heavy atom. The van der Waals surface area contributed by atoms with Gasteiger partial charge >= 0.3 is 11.9 Å². The van der Waals surface area contributed by atoms with E-state index in [2.05, 4.69) is 15.4 Å². The number of para-hydroxylation sites is 1. The van der Waals surface area contributed by atoms with E-state index in [0.717, 1.165) is 19.4 Å². The Kier molecular flexibility index (Phi) is 6.32. The monoisotopic (exact) mass is 487 g/mol. The third-order valence-corrected chi connectivity index (χ3v) is 7.54. The Balaban J connectivity index is 1.46. The van der Waals surface area contributed by atoms with Crippen LogP contribution >= 0.6 is 0 Å². The van der Waals surface area contributed by atoms with E-state index < -0.39 is 33.9 Å². The van der Waals surface area contributed by atoms with E-state index in [1.54, 1.807) is 6.07 Å². The Hall–Kier alpha value is -3.44. The van der Waals surface area contributed by atoms with E-state index >= 15 is 0 Å². The summed E-state index contributed by atoms with van der Waals surface area (Å²) in [6.45, 7) is 2.09. The zero-order chi connectivity index (χ0) is 24.5. The molecule has 1 saturated heterocycles. The molecule has 2 aliphatic rings. The molecule has 2 atom stereocenters. The number of hydrogen-bond acceptors (Lipinski definition) is 7. The van der Waals surface area contributed by atoms with Crippen LogP contribution in [0.3, 0.4) is 0 Å². The Morgan fingerprint density at radius 3 is 2.35 bits per heavy atom. The van der Waals surface area contributed by atoms with Gasteiger partial charge in [0, 0.05) is 12.6 Å². The summed E-state index contributed by atoms with van der Waals surface area (Å²) in [5.41, 5.74) is -0.624. The number of sulfonamides is 1. The van der Waals surface area contributed by atoms with Gasteiger partial charge in [0.2, 0.25) is 0 Å². The van der Waals surface area contributed by atoms with Crippen LogP contribution in [0.2, 0.25) is 0 Å². The van der Waals surface area contributed by atoms with Gasteiger partial charge in [0.15, 0.2) is 0 Å². The van der Waals surface area contributed by atoms with Crippen molar-refractivity contribution < 1.29 is 32.6 Å². The minimum atomic E-state index is -4.08. The van der Waals surface area contributed by atoms with Crippen LogP contribution in [0.1, 0.15) is 30.1 Å². The Morgan fingerprint density at radius 2 is 1.76 bits per heavy atom. The minimum absolute atomic E-state index is 0.00183. The molecule has 1 amide bonds. The van der Waals surface area contributed by atoms with Crippen molar-refractivity contribution in [1.82, 2.24) is 10.6 Å². The van der Waals surface area contributed by atoms with E-state index in [9.17, 15) is 22.8 Å². The van der Waals surface area contributed by atoms with Crippen molar-refractivity contribution in [3.8, 4) is 5.75 Å². The van der Waals surface area contributed by atoms with Gasteiger partial charge < -0.3 is 20.5 Å². The molecule has 11 heteroatoms. The van der Waals surface area contributed by atoms with Crippen LogP contribution in [0.5, 0.6) is 5.75 Å². The number of ether oxygens (including phenoxy) is 1. The van der Waals surface area contributed by atoms with Crippen LogP contribution in [-0.4, -0.2) is 50.5 Å². The highest BCUT2D eigenvalue weighted by Gasteiger charge is 2.57. The maximum Gasteiger partial charge on any atom is 0.322 e. The molecule has 4 rings (SSSR count). The second-order valence-electron chi connectivity index (χ2n) is 8.61. The molecule has 1 aliphatic heterocycles. The van der Waals surface area contributed by atoms with E-state index in [0.29, 0.717) is 0 Å². The van der Waals surface area contributed by atoms with Crippen LogP contribution in [0.25, 0.3) is 0 Å². The van der Waals surface area contributed by atoms with Gasteiger partial charge in [-0.1, -0.05) is 12.1 Å². The first-order valence-electron chi connectivity index (χ1n) is 10.8. The lowest BCUT2D eigenvalue weighted by atomic mass is 9.81. The van der Waals surface area contributed by atoms with Crippen molar-refractivity contribution >= 4 is 33.6 Å². The molecule has 0 bridgehead atoms. The number of rotatable bonds is 10. The molecule has 2 aromatic rings. The molecule has 2 fully saturated rings. The van der Waals surface area contributed by atoms with Gasteiger partial charge in [0.1, 0.15) is 12.3 Å². The standard InChI is InChI=1S/C23H25N3O7S/c1-23(14-6-7-14,19-12-24-19)22(30)33-15-8-10-16(11-9-15)34(31,32)26-18-5-3-2-4-17(18)21(29)25-13-20(27)28/h2-5,8-11,14,19,24,26H,6-7,12-13H2,1H3,(H,25,29)(H,27,28). The molecular formula is C23H25N3O7S. The predicted molar refractivity (Wildman–Crippen MR) is 122 cm³/mol. The first kappa shape index (κ1) is 23.7. The zero-order valence-electron chi connectivity index (χ0n) is 18.4. The van der Waals surface area contributed by atoms with E-state index in [4.69, 9.17) is 9.84 Å². The molecule has 0 aromatic heterocycles. The van der Waals surface area contributed by atoms with Crippen LogP contribution in [0.15, 0.2) is 53.4 Å². The molecule has 0 radical (unpaired) electrons. The fourth-order valence-electron chi connectivity index (χ4n) is 3.89. The summed E-state index contributed by atoms with van der Waals surface area (Å²) >= 11 is 0. The molecule has 2 unspecified atom stereocenters. The summed E-state index contributed by atoms with van der Waals surface area (Å²) in [6.07, 6.45) is 1.98. The molecule has 10 nitrogen and oxygen atoms in total. The van der Waals surface area contributed by atoms with Gasteiger partial charge in [0.25, 0.3) is 15.9 Å². The van der Waals surface area contributed by atoms with Crippen molar-refractivity contribution in [2.24, 2.45) is 11.3 Å². The lowest BCUT2D eigenvalue weighted by Crippen LogP contribution is -2.40. The number of nitrogens with one attached hydrogen (secondary N) is 3. The molecule has 34 heavy (non-hydrogen) atoms. The first-order chi connectivity index (χ1) is 16.1. The van der Waals surface area contributed by atoms with Gasteiger partial charge in [-0.15, -0.1) is 0 Å². The smallest absolute Gasteiger partial charge is 0.322 e. The molecule has 1 heterocycles. The van der Waals surface area contributed by atoms with E-state index in [1.165, 1.54) is 42.5 Å². The highest BCUT2D eigenvalue weighted by atomic mass is 32.2. The lowest BCUT2D eigenvalue weighted by molar-refractivity contribution is -0.146. The largest absolute Gasteiger partial charge is 0.480 e. The number of carboxylic acids is 1. The summed E-state index contributed by atoms with van der Waals surface area (Å²) in [4.78, 5) is 35.7. The number of aliphatic carboxylic acids is 1. The second kappa shape index (κ2) is 9.07. The van der Waals surface area contributed by atoms with Gasteiger partial charge in [-0.3, -0.25) is 19.1 Å². The third kappa shape index (κ3) is 5.05. The molecule has 2 aromatic carbocycles. The molecule has 180 valence electrons. The van der Waals surface area contributed by atoms with E-state index in [1.807, 2.05) is 6.92 Å². The van der Waals surface area contributed by atoms with Crippen molar-refractivity contribution in [1.29, 1.82) is 0 Å². The molecule has 1 aliphatic carbocycles. The van der Waals surface area contributed by atoms with Crippen LogP contribution < -0.4 is 20.1 Å². The maximum atomic E-state index is 12.9. The summed E-state index contributed by atoms with van der Waals surface area (Å²) in [6, 6.07) is 11.4. The maximum absolute atomic E-state index is 12.9. The normalized spacial score (nSPS) is 18.9. The van der Waals surface area contributed by atoms with Gasteiger partial charge in [-0.05, 0) is 62.1 Å². The van der Waals surface area contributed by atoms with Crippen molar-refractivity contribution in [3.05, 3.63) is 54.1 Å². The lowest BCUT2D eigenvalue weighted by Gasteiger charge is -2.26. The van der Waals surface area contributed by atoms with Crippen LogP contribution in [-0.2, 0) is 19.6 Å². The van der Waals surface area contributed by atoms with Crippen molar-refractivity contribution in [2.75, 3.05) is 17.8 Å². The SMILES string of the molecule is CC(C(=O)Oc1ccc(S(=O)(=O)Nc2ccccc2C(=O)NCC(=O)O)cc1)(C1CC1)C1CN1. The third-order valence-electron chi connectivity index (χ3n) is 6.16. The summed E-state index contributed by atoms with van der Waals surface area (Å²) in [7, 11) is -4.08. The fraction of sp³-hybridized carbons (Fsp3) is 0.348. The number of hydrogen-bond donors (Lipinski definition) is 4. The number of esters is 1. The highest BCUT2D eigenvalue weighted by Crippen LogP contribution is 2.50. The molecule has 4 N–H and O–H groups in total. The second-order valence-corrected chi connectivity index (χ2v) is 10.3. The molecular weight excluding hydrogens is 462 g/mol. The number of amides is 1. The van der Waals surface area contributed by atoms with Crippen LogP contribution in [0.4, 0.5) is 5.69 Å². The number of anilines is 1. The van der Waals surface area contributed by atoms with Crippen LogP contribution in [0, 0.1) is 11.3 Å². The molecule has 0 spiro atoms. The predicted octanol–water partition coefficient (Wildman–Crippen LogP) is 1.60. The summed E-state index contributed by atoms with van der Waals surface area (Å²) < 4.78 is 33.7. The van der Waals surface area contributed by atoms with Crippen molar-refractivity contribution in [2.45, 2.75) is 30.7 Å². The Labute approximate surface area is 196 Å². The minimum Gasteiger partial charge on any atom is -0.480 e. The number of carbonyl (C=O) groups is 3. The van der Waals surface area contributed by atoms with Crippen molar-refractivity contribution in [3.63, 3.8) is 0 Å². The molecule has 1 saturated carbocycles. The quantitative estimate of drug-likeness (QED) is 0.223. The zero-order valence-corrected chi connectivity index (χ0v) is 19.2. The summed E-state index contributed by atoms with van der Waals surface area (Å²) in [5, 5.41) is 14.1. The average molecular weight is 488 g/mol. The average Bonchev–Trinajstić information content (AvgIpc) is 3.70. The first-order valence-corrected chi connectivity index (χ1v) is 12.3. The topological polar surface area (TPSA) is 161 Å². The van der Waals surface area contributed by atoms with Gasteiger partial charge in [-0.25, -0.2) is 8.42 Å². The summed E-state index contributed by atoms with van der Waals surface area (Å²) in [5.74, 6) is -1.76. The number of benzene rings is 2. The fourth-order valence-corrected chi connectivity index (χ4v) is 4.97. The highest BCUT2D eigenvalue weighted by molar-refractivity contribution is 7.92. The van der Waals surface area contributed by atoms with Gasteiger partial charge in [-0.2, -0.15) is 0 Å².